The minimum atomic E-state index is -3.91. The minimum Gasteiger partial charge on any atom is -0.195 e. The van der Waals surface area contributed by atoms with E-state index in [0.717, 1.165) is 0 Å². The summed E-state index contributed by atoms with van der Waals surface area (Å²) >= 11 is 1.19. The molecule has 1 aliphatic rings. The van der Waals surface area contributed by atoms with E-state index < -0.39 is 15.4 Å². The first kappa shape index (κ1) is 7.30. The monoisotopic (exact) mass is 252 g/mol. The predicted octanol–water partition coefficient (Wildman–Crippen LogP) is 2.59. The molecular weight excluding hydrogens is 251 g/mol. The summed E-state index contributed by atoms with van der Waals surface area (Å²) in [5.41, 5.74) is 0. The van der Waals surface area contributed by atoms with E-state index in [-0.39, 0.29) is 6.08 Å². The topological polar surface area (TPSA) is 0 Å². The van der Waals surface area contributed by atoms with E-state index in [1.54, 1.807) is 0 Å². The van der Waals surface area contributed by atoms with Crippen LogP contribution in [0.3, 0.4) is 0 Å². The van der Waals surface area contributed by atoms with Gasteiger partial charge in [-0.2, -0.15) is 17.6 Å². The maximum Gasteiger partial charge on any atom is 0.344 e. The van der Waals surface area contributed by atoms with Gasteiger partial charge in [0.2, 0.25) is 0 Å². The Morgan fingerprint density at radius 1 is 1.22 bits per heavy atom. The number of rotatable bonds is 0. The summed E-state index contributed by atoms with van der Waals surface area (Å²) in [6.07, 6.45) is 0.257. The fourth-order valence-corrected chi connectivity index (χ4v) is 1.17. The maximum atomic E-state index is 11.9. The number of hydrogen-bond acceptors (Lipinski definition) is 0. The number of halogens is 5. The molecule has 1 rings (SSSR count). The molecule has 0 N–H and O–H groups in total. The molecule has 0 heterocycles. The molecule has 0 saturated heterocycles. The summed E-state index contributed by atoms with van der Waals surface area (Å²) in [7, 11) is 0. The van der Waals surface area contributed by atoms with E-state index in [2.05, 4.69) is 0 Å². The molecule has 5 heteroatoms. The van der Waals surface area contributed by atoms with Crippen LogP contribution in [0.4, 0.5) is 17.6 Å². The van der Waals surface area contributed by atoms with E-state index in [1.165, 1.54) is 22.6 Å². The van der Waals surface area contributed by atoms with E-state index in [4.69, 9.17) is 0 Å². The van der Waals surface area contributed by atoms with Gasteiger partial charge in [-0.05, 0) is 22.6 Å². The van der Waals surface area contributed by atoms with Crippen molar-refractivity contribution >= 4 is 22.6 Å². The van der Waals surface area contributed by atoms with Gasteiger partial charge in [-0.25, -0.2) is 0 Å². The zero-order valence-corrected chi connectivity index (χ0v) is 6.12. The highest BCUT2D eigenvalue weighted by molar-refractivity contribution is 14.1. The van der Waals surface area contributed by atoms with Crippen molar-refractivity contribution < 1.29 is 17.6 Å². The Bertz CT molecular complexity index is 171. The smallest absolute Gasteiger partial charge is 0.195 e. The molecule has 0 fully saturated rings. The molecule has 9 heavy (non-hydrogen) atoms. The molecule has 0 aromatic carbocycles. The highest BCUT2D eigenvalue weighted by atomic mass is 127. The van der Waals surface area contributed by atoms with Crippen LogP contribution in [0.25, 0.3) is 0 Å². The van der Waals surface area contributed by atoms with Crippen molar-refractivity contribution in [3.8, 4) is 0 Å². The van der Waals surface area contributed by atoms with E-state index in [0.29, 0.717) is 0 Å². The Labute approximate surface area is 62.1 Å². The number of alkyl halides is 4. The summed E-state index contributed by atoms with van der Waals surface area (Å²) in [6, 6.07) is 0. The third-order valence-corrected chi connectivity index (χ3v) is 2.02. The lowest BCUT2D eigenvalue weighted by atomic mass is 10.0. The van der Waals surface area contributed by atoms with Gasteiger partial charge in [0.05, 0.1) is 3.58 Å². The van der Waals surface area contributed by atoms with Gasteiger partial charge in [-0.15, -0.1) is 0 Å². The van der Waals surface area contributed by atoms with Crippen LogP contribution in [0.5, 0.6) is 0 Å². The van der Waals surface area contributed by atoms with Gasteiger partial charge in [0.25, 0.3) is 0 Å². The number of allylic oxidation sites excluding steroid dienone is 2. The molecule has 0 aromatic heterocycles. The Morgan fingerprint density at radius 3 is 1.67 bits per heavy atom. The standard InChI is InChI=1S/C4HF4I/c5-3(6)1-2(9)4(3,7)8/h1H. The third kappa shape index (κ3) is 0.770. The van der Waals surface area contributed by atoms with Crippen LogP contribution in [-0.4, -0.2) is 11.8 Å². The van der Waals surface area contributed by atoms with Crippen LogP contribution in [0.1, 0.15) is 0 Å². The molecular formula is C4HF4I. The molecule has 52 valence electrons. The molecule has 0 radical (unpaired) electrons. The van der Waals surface area contributed by atoms with E-state index in [1.807, 2.05) is 0 Å². The normalized spacial score (nSPS) is 28.8. The Balaban J connectivity index is 2.94. The SMILES string of the molecule is FC1(F)C=C(I)C1(F)F. The Kier molecular flexibility index (Phi) is 1.31. The first-order valence-corrected chi connectivity index (χ1v) is 3.10. The van der Waals surface area contributed by atoms with Crippen LogP contribution in [0, 0.1) is 0 Å². The van der Waals surface area contributed by atoms with Crippen molar-refractivity contribution in [2.75, 3.05) is 0 Å². The van der Waals surface area contributed by atoms with Gasteiger partial charge >= 0.3 is 11.8 Å². The lowest BCUT2D eigenvalue weighted by Gasteiger charge is -2.31. The average molecular weight is 252 g/mol. The van der Waals surface area contributed by atoms with Crippen molar-refractivity contribution in [1.29, 1.82) is 0 Å². The minimum absolute atomic E-state index is 0.257. The predicted molar refractivity (Wildman–Crippen MR) is 32.0 cm³/mol. The molecule has 0 amide bonds. The van der Waals surface area contributed by atoms with Crippen molar-refractivity contribution in [2.45, 2.75) is 11.8 Å². The molecule has 0 saturated carbocycles. The second-order valence-electron chi connectivity index (χ2n) is 1.69. The quantitative estimate of drug-likeness (QED) is 0.459. The summed E-state index contributed by atoms with van der Waals surface area (Å²) in [5, 5.41) is 0. The zero-order chi connectivity index (χ0) is 7.28. The third-order valence-electron chi connectivity index (χ3n) is 1.03. The zero-order valence-electron chi connectivity index (χ0n) is 3.97. The van der Waals surface area contributed by atoms with Crippen molar-refractivity contribution in [3.63, 3.8) is 0 Å². The van der Waals surface area contributed by atoms with Crippen molar-refractivity contribution in [1.82, 2.24) is 0 Å². The lowest BCUT2D eigenvalue weighted by Crippen LogP contribution is -2.47. The summed E-state index contributed by atoms with van der Waals surface area (Å²) in [5.74, 6) is -7.82. The van der Waals surface area contributed by atoms with E-state index >= 15 is 0 Å². The molecule has 0 atom stereocenters. The largest absolute Gasteiger partial charge is 0.344 e. The second-order valence-corrected chi connectivity index (χ2v) is 2.85. The van der Waals surface area contributed by atoms with Gasteiger partial charge in [0.1, 0.15) is 0 Å². The molecule has 0 aromatic rings. The van der Waals surface area contributed by atoms with Crippen LogP contribution >= 0.6 is 22.6 Å². The molecule has 1 aliphatic carbocycles. The fourth-order valence-electron chi connectivity index (χ4n) is 0.422. The van der Waals surface area contributed by atoms with Gasteiger partial charge in [0, 0.05) is 6.08 Å². The summed E-state index contributed by atoms with van der Waals surface area (Å²) < 4.78 is 46.7. The van der Waals surface area contributed by atoms with Gasteiger partial charge < -0.3 is 0 Å². The maximum absolute atomic E-state index is 11.9. The Hall–Kier alpha value is 0.190. The summed E-state index contributed by atoms with van der Waals surface area (Å²) in [6.45, 7) is 0. The van der Waals surface area contributed by atoms with Crippen molar-refractivity contribution in [3.05, 3.63) is 9.66 Å². The van der Waals surface area contributed by atoms with Gasteiger partial charge in [-0.3, -0.25) is 0 Å². The number of hydrogen-bond donors (Lipinski definition) is 0. The van der Waals surface area contributed by atoms with Crippen LogP contribution in [0.2, 0.25) is 0 Å². The molecule has 0 bridgehead atoms. The molecule has 0 spiro atoms. The summed E-state index contributed by atoms with van der Waals surface area (Å²) in [4.78, 5) is 0. The van der Waals surface area contributed by atoms with Gasteiger partial charge in [-0.1, -0.05) is 0 Å². The lowest BCUT2D eigenvalue weighted by molar-refractivity contribution is -0.171. The van der Waals surface area contributed by atoms with Gasteiger partial charge in [0.15, 0.2) is 0 Å². The Morgan fingerprint density at radius 2 is 1.67 bits per heavy atom. The molecule has 0 nitrogen and oxygen atoms in total. The second kappa shape index (κ2) is 1.62. The molecule has 0 aliphatic heterocycles. The fraction of sp³-hybridized carbons (Fsp3) is 0.500. The highest BCUT2D eigenvalue weighted by Crippen LogP contribution is 2.52. The first-order valence-electron chi connectivity index (χ1n) is 2.02. The first-order chi connectivity index (χ1) is 3.88. The highest BCUT2D eigenvalue weighted by Gasteiger charge is 2.64. The van der Waals surface area contributed by atoms with Crippen molar-refractivity contribution in [2.24, 2.45) is 0 Å². The average Bonchev–Trinajstić information content (AvgIpc) is 1.65. The van der Waals surface area contributed by atoms with E-state index in [9.17, 15) is 17.6 Å². The van der Waals surface area contributed by atoms with Crippen LogP contribution in [-0.2, 0) is 0 Å². The molecule has 0 unspecified atom stereocenters. The van der Waals surface area contributed by atoms with Crippen LogP contribution < -0.4 is 0 Å². The van der Waals surface area contributed by atoms with Crippen LogP contribution in [0.15, 0.2) is 9.66 Å².